The lowest BCUT2D eigenvalue weighted by molar-refractivity contribution is 0.585. The molecule has 6 heteroatoms. The number of hydrogen-bond donors (Lipinski definition) is 1. The maximum Gasteiger partial charge on any atom is 0.151 e. The van der Waals surface area contributed by atoms with Crippen LogP contribution in [-0.4, -0.2) is 16.8 Å². The summed E-state index contributed by atoms with van der Waals surface area (Å²) in [6.45, 7) is 0.473. The highest BCUT2D eigenvalue weighted by Crippen LogP contribution is 2.27. The predicted molar refractivity (Wildman–Crippen MR) is 66.1 cm³/mol. The van der Waals surface area contributed by atoms with E-state index >= 15 is 0 Å². The second-order valence-corrected chi connectivity index (χ2v) is 4.20. The van der Waals surface area contributed by atoms with E-state index in [4.69, 9.17) is 5.73 Å². The molecular weight excluding hydrogens is 238 g/mol. The van der Waals surface area contributed by atoms with Gasteiger partial charge in [0.15, 0.2) is 5.82 Å². The number of nitrogen functional groups attached to an aromatic ring is 1. The Hall–Kier alpha value is -2.11. The molecule has 0 unspecified atom stereocenters. The van der Waals surface area contributed by atoms with Crippen LogP contribution in [0.1, 0.15) is 5.56 Å². The first-order valence-corrected chi connectivity index (χ1v) is 5.40. The molecule has 4 nitrogen and oxygen atoms in total. The van der Waals surface area contributed by atoms with Crippen LogP contribution in [0.15, 0.2) is 24.5 Å². The van der Waals surface area contributed by atoms with Crippen molar-refractivity contribution in [1.29, 1.82) is 0 Å². The van der Waals surface area contributed by atoms with E-state index in [2.05, 4.69) is 5.10 Å². The van der Waals surface area contributed by atoms with Crippen LogP contribution >= 0.6 is 0 Å². The molecule has 0 aliphatic heterocycles. The van der Waals surface area contributed by atoms with Crippen molar-refractivity contribution in [2.45, 2.75) is 6.54 Å². The van der Waals surface area contributed by atoms with Crippen LogP contribution < -0.4 is 10.6 Å². The third kappa shape index (κ3) is 2.42. The average molecular weight is 252 g/mol. The maximum atomic E-state index is 13.3. The standard InChI is InChI=1S/C12H14F2N4/c1-17(6-8-5-16-18(2)7-8)11-4-9(13)3-10(14)12(11)15/h3-5,7H,6,15H2,1-2H3. The van der Waals surface area contributed by atoms with Gasteiger partial charge in [0.25, 0.3) is 0 Å². The molecule has 0 aliphatic rings. The molecule has 1 aromatic heterocycles. The summed E-state index contributed by atoms with van der Waals surface area (Å²) in [5.41, 5.74) is 6.82. The Bertz CT molecular complexity index is 565. The van der Waals surface area contributed by atoms with Crippen molar-refractivity contribution < 1.29 is 8.78 Å². The minimum absolute atomic E-state index is 0.0530. The molecule has 1 heterocycles. The van der Waals surface area contributed by atoms with Crippen molar-refractivity contribution in [2.24, 2.45) is 7.05 Å². The molecule has 0 atom stereocenters. The topological polar surface area (TPSA) is 47.1 Å². The summed E-state index contributed by atoms with van der Waals surface area (Å²) in [5, 5.41) is 4.03. The summed E-state index contributed by atoms with van der Waals surface area (Å²) in [4.78, 5) is 1.68. The minimum Gasteiger partial charge on any atom is -0.395 e. The largest absolute Gasteiger partial charge is 0.395 e. The molecule has 96 valence electrons. The average Bonchev–Trinajstić information content (AvgIpc) is 2.69. The van der Waals surface area contributed by atoms with Crippen molar-refractivity contribution in [3.63, 3.8) is 0 Å². The molecule has 0 saturated heterocycles. The Balaban J connectivity index is 2.26. The lowest BCUT2D eigenvalue weighted by Gasteiger charge is -2.20. The molecule has 18 heavy (non-hydrogen) atoms. The lowest BCUT2D eigenvalue weighted by Crippen LogP contribution is -2.18. The fraction of sp³-hybridized carbons (Fsp3) is 0.250. The van der Waals surface area contributed by atoms with Gasteiger partial charge in [-0.1, -0.05) is 0 Å². The maximum absolute atomic E-state index is 13.3. The number of aryl methyl sites for hydroxylation is 1. The molecule has 2 N–H and O–H groups in total. The quantitative estimate of drug-likeness (QED) is 0.849. The van der Waals surface area contributed by atoms with Gasteiger partial charge in [-0.3, -0.25) is 4.68 Å². The summed E-state index contributed by atoms with van der Waals surface area (Å²) in [5.74, 6) is -1.39. The molecule has 0 amide bonds. The Morgan fingerprint density at radius 3 is 2.72 bits per heavy atom. The zero-order valence-corrected chi connectivity index (χ0v) is 10.2. The van der Waals surface area contributed by atoms with Crippen LogP contribution in [0, 0.1) is 11.6 Å². The van der Waals surface area contributed by atoms with Crippen LogP contribution in [0.2, 0.25) is 0 Å². The second kappa shape index (κ2) is 4.64. The highest BCUT2D eigenvalue weighted by Gasteiger charge is 2.12. The second-order valence-electron chi connectivity index (χ2n) is 4.20. The van der Waals surface area contributed by atoms with Crippen molar-refractivity contribution in [3.05, 3.63) is 41.7 Å². The Morgan fingerprint density at radius 1 is 1.39 bits per heavy atom. The van der Waals surface area contributed by atoms with E-state index < -0.39 is 11.6 Å². The van der Waals surface area contributed by atoms with Crippen molar-refractivity contribution in [3.8, 4) is 0 Å². The van der Waals surface area contributed by atoms with Gasteiger partial charge < -0.3 is 10.6 Å². The molecule has 0 spiro atoms. The number of nitrogens with zero attached hydrogens (tertiary/aromatic N) is 3. The van der Waals surface area contributed by atoms with Crippen LogP contribution in [-0.2, 0) is 13.6 Å². The molecule has 0 saturated carbocycles. The lowest BCUT2D eigenvalue weighted by atomic mass is 10.2. The highest BCUT2D eigenvalue weighted by molar-refractivity contribution is 5.68. The molecule has 0 aliphatic carbocycles. The van der Waals surface area contributed by atoms with E-state index in [1.807, 2.05) is 6.20 Å². The first-order valence-electron chi connectivity index (χ1n) is 5.40. The number of hydrogen-bond acceptors (Lipinski definition) is 3. The van der Waals surface area contributed by atoms with E-state index in [0.717, 1.165) is 11.6 Å². The number of nitrogens with two attached hydrogens (primary N) is 1. The molecule has 2 aromatic rings. The summed E-state index contributed by atoms with van der Waals surface area (Å²) < 4.78 is 28.2. The van der Waals surface area contributed by atoms with Gasteiger partial charge in [-0.25, -0.2) is 8.78 Å². The number of aromatic nitrogens is 2. The third-order valence-corrected chi connectivity index (χ3v) is 2.66. The molecular formula is C12H14F2N4. The molecule has 1 aromatic carbocycles. The fourth-order valence-corrected chi connectivity index (χ4v) is 1.80. The SMILES string of the molecule is CN(Cc1cnn(C)c1)c1cc(F)cc(F)c1N. The summed E-state index contributed by atoms with van der Waals surface area (Å²) in [6.07, 6.45) is 3.53. The van der Waals surface area contributed by atoms with Crippen molar-refractivity contribution in [2.75, 3.05) is 17.7 Å². The molecule has 2 rings (SSSR count). The van der Waals surface area contributed by atoms with Gasteiger partial charge in [0, 0.05) is 38.5 Å². The number of benzene rings is 1. The van der Waals surface area contributed by atoms with Gasteiger partial charge in [0.1, 0.15) is 5.82 Å². The van der Waals surface area contributed by atoms with E-state index in [0.29, 0.717) is 12.2 Å². The smallest absolute Gasteiger partial charge is 0.151 e. The number of rotatable bonds is 3. The fourth-order valence-electron chi connectivity index (χ4n) is 1.80. The van der Waals surface area contributed by atoms with E-state index in [-0.39, 0.29) is 5.69 Å². The number of anilines is 2. The molecule has 0 bridgehead atoms. The number of halogens is 2. The zero-order chi connectivity index (χ0) is 13.3. The first-order chi connectivity index (χ1) is 8.47. The highest BCUT2D eigenvalue weighted by atomic mass is 19.1. The van der Waals surface area contributed by atoms with Gasteiger partial charge in [-0.15, -0.1) is 0 Å². The summed E-state index contributed by atoms with van der Waals surface area (Å²) in [6, 6.07) is 1.99. The summed E-state index contributed by atoms with van der Waals surface area (Å²) in [7, 11) is 3.53. The van der Waals surface area contributed by atoms with E-state index in [1.54, 1.807) is 29.9 Å². The van der Waals surface area contributed by atoms with Gasteiger partial charge in [0.2, 0.25) is 0 Å². The molecule has 0 fully saturated rings. The van der Waals surface area contributed by atoms with Crippen LogP contribution in [0.4, 0.5) is 20.2 Å². The van der Waals surface area contributed by atoms with Crippen molar-refractivity contribution in [1.82, 2.24) is 9.78 Å². The first kappa shape index (κ1) is 12.3. The van der Waals surface area contributed by atoms with Crippen LogP contribution in [0.25, 0.3) is 0 Å². The van der Waals surface area contributed by atoms with Crippen molar-refractivity contribution >= 4 is 11.4 Å². The van der Waals surface area contributed by atoms with Gasteiger partial charge in [-0.2, -0.15) is 5.10 Å². The Kier molecular flexibility index (Phi) is 3.18. The summed E-state index contributed by atoms with van der Waals surface area (Å²) >= 11 is 0. The minimum atomic E-state index is -0.747. The normalized spacial score (nSPS) is 10.7. The third-order valence-electron chi connectivity index (χ3n) is 2.66. The molecule has 0 radical (unpaired) electrons. The van der Waals surface area contributed by atoms with Crippen LogP contribution in [0.5, 0.6) is 0 Å². The zero-order valence-electron chi connectivity index (χ0n) is 10.2. The monoisotopic (exact) mass is 252 g/mol. The van der Waals surface area contributed by atoms with E-state index in [1.165, 1.54) is 6.07 Å². The van der Waals surface area contributed by atoms with Gasteiger partial charge >= 0.3 is 0 Å². The Morgan fingerprint density at radius 2 is 2.11 bits per heavy atom. The van der Waals surface area contributed by atoms with Gasteiger partial charge in [-0.05, 0) is 6.07 Å². The van der Waals surface area contributed by atoms with Gasteiger partial charge in [0.05, 0.1) is 17.6 Å². The Labute approximate surface area is 104 Å². The van der Waals surface area contributed by atoms with Crippen LogP contribution in [0.3, 0.4) is 0 Å². The van der Waals surface area contributed by atoms with E-state index in [9.17, 15) is 8.78 Å². The predicted octanol–water partition coefficient (Wildman–Crippen LogP) is 1.92.